The minimum atomic E-state index is -0.430. The normalized spacial score (nSPS) is 13.8. The summed E-state index contributed by atoms with van der Waals surface area (Å²) in [6.45, 7) is 4.24. The Morgan fingerprint density at radius 1 is 0.906 bits per heavy atom. The van der Waals surface area contributed by atoms with Gasteiger partial charge in [0.05, 0.1) is 18.4 Å². The van der Waals surface area contributed by atoms with Crippen molar-refractivity contribution >= 4 is 40.4 Å². The van der Waals surface area contributed by atoms with Gasteiger partial charge in [-0.3, -0.25) is 9.59 Å². The van der Waals surface area contributed by atoms with Crippen LogP contribution in [0.25, 0.3) is 5.57 Å². The highest BCUT2D eigenvalue weighted by Crippen LogP contribution is 2.35. The maximum atomic E-state index is 13.5. The molecule has 1 N–H and O–H groups in total. The fraction of sp³-hybridized carbons (Fsp3) is 0.154. The number of halogens is 1. The minimum absolute atomic E-state index is 0.220. The largest absolute Gasteiger partial charge is 0.497 e. The van der Waals surface area contributed by atoms with Crippen LogP contribution in [-0.4, -0.2) is 18.9 Å². The maximum absolute atomic E-state index is 13.5. The molecule has 3 aromatic rings. The Hall–Kier alpha value is -3.57. The Morgan fingerprint density at radius 3 is 2.22 bits per heavy atom. The zero-order chi connectivity index (χ0) is 22.8. The van der Waals surface area contributed by atoms with Crippen LogP contribution in [0.4, 0.5) is 11.4 Å². The number of methoxy groups -OCH3 is 1. The van der Waals surface area contributed by atoms with Crippen molar-refractivity contribution in [3.05, 3.63) is 94.6 Å². The van der Waals surface area contributed by atoms with E-state index >= 15 is 0 Å². The third kappa shape index (κ3) is 4.12. The Balaban J connectivity index is 1.78. The first kappa shape index (κ1) is 21.7. The van der Waals surface area contributed by atoms with Gasteiger partial charge >= 0.3 is 0 Å². The van der Waals surface area contributed by atoms with E-state index in [1.165, 1.54) is 12.7 Å². The van der Waals surface area contributed by atoms with Gasteiger partial charge in [0.15, 0.2) is 0 Å². The third-order valence-corrected chi connectivity index (χ3v) is 5.63. The van der Waals surface area contributed by atoms with E-state index in [1.54, 1.807) is 48.5 Å². The van der Waals surface area contributed by atoms with Crippen LogP contribution in [0, 0.1) is 0 Å². The first-order chi connectivity index (χ1) is 15.4. The summed E-state index contributed by atoms with van der Waals surface area (Å²) >= 11 is 6.04. The number of hydrogen-bond acceptors (Lipinski definition) is 4. The molecular weight excluding hydrogens is 424 g/mol. The molecule has 32 heavy (non-hydrogen) atoms. The van der Waals surface area contributed by atoms with E-state index in [2.05, 4.69) is 19.2 Å². The topological polar surface area (TPSA) is 58.6 Å². The SMILES string of the molecule is COc1cccc(N2C(=O)C(Nc3ccc(C(C)C)cc3)=C(c3ccc(Cl)cc3)C2=O)c1. The predicted octanol–water partition coefficient (Wildman–Crippen LogP) is 5.87. The van der Waals surface area contributed by atoms with E-state index < -0.39 is 11.8 Å². The van der Waals surface area contributed by atoms with Gasteiger partial charge in [0.2, 0.25) is 0 Å². The highest BCUT2D eigenvalue weighted by molar-refractivity contribution is 6.46. The Morgan fingerprint density at radius 2 is 1.59 bits per heavy atom. The van der Waals surface area contributed by atoms with E-state index in [4.69, 9.17) is 16.3 Å². The zero-order valence-electron chi connectivity index (χ0n) is 18.1. The molecule has 0 saturated heterocycles. The number of hydrogen-bond donors (Lipinski definition) is 1. The molecule has 1 aliphatic heterocycles. The second kappa shape index (κ2) is 8.89. The van der Waals surface area contributed by atoms with E-state index in [0.29, 0.717) is 33.5 Å². The maximum Gasteiger partial charge on any atom is 0.282 e. The van der Waals surface area contributed by atoms with Gasteiger partial charge in [-0.1, -0.05) is 55.8 Å². The molecular formula is C26H23ClN2O3. The standard InChI is InChI=1S/C26H23ClN2O3/c1-16(2)17-9-13-20(14-10-17)28-24-23(18-7-11-19(27)12-8-18)25(30)29(26(24)31)21-5-4-6-22(15-21)32-3/h4-16,28H,1-3H3. The molecule has 4 rings (SSSR count). The number of rotatable bonds is 6. The van der Waals surface area contributed by atoms with Gasteiger partial charge < -0.3 is 10.1 Å². The number of carbonyl (C=O) groups is 2. The van der Waals surface area contributed by atoms with Gasteiger partial charge in [0.25, 0.3) is 11.8 Å². The van der Waals surface area contributed by atoms with Crippen LogP contribution in [0.15, 0.2) is 78.5 Å². The molecule has 0 unspecified atom stereocenters. The van der Waals surface area contributed by atoms with Crippen molar-refractivity contribution in [1.29, 1.82) is 0 Å². The molecule has 0 atom stereocenters. The molecule has 2 amide bonds. The molecule has 0 fully saturated rings. The first-order valence-electron chi connectivity index (χ1n) is 10.3. The molecule has 0 spiro atoms. The van der Waals surface area contributed by atoms with Crippen molar-refractivity contribution in [1.82, 2.24) is 0 Å². The van der Waals surface area contributed by atoms with Crippen molar-refractivity contribution in [2.45, 2.75) is 19.8 Å². The molecule has 6 heteroatoms. The van der Waals surface area contributed by atoms with Crippen LogP contribution in [0.5, 0.6) is 5.75 Å². The summed E-state index contributed by atoms with van der Waals surface area (Å²) in [5, 5.41) is 3.73. The van der Waals surface area contributed by atoms with Crippen molar-refractivity contribution in [2.24, 2.45) is 0 Å². The zero-order valence-corrected chi connectivity index (χ0v) is 18.8. The molecule has 0 bridgehead atoms. The molecule has 5 nitrogen and oxygen atoms in total. The Labute approximate surface area is 192 Å². The first-order valence-corrected chi connectivity index (χ1v) is 10.7. The van der Waals surface area contributed by atoms with Crippen LogP contribution in [-0.2, 0) is 9.59 Å². The van der Waals surface area contributed by atoms with Gasteiger partial charge in [0.1, 0.15) is 11.4 Å². The molecule has 3 aromatic carbocycles. The van der Waals surface area contributed by atoms with Crippen LogP contribution in [0.3, 0.4) is 0 Å². The number of nitrogens with zero attached hydrogens (tertiary/aromatic N) is 1. The molecule has 0 aliphatic carbocycles. The smallest absolute Gasteiger partial charge is 0.282 e. The highest BCUT2D eigenvalue weighted by Gasteiger charge is 2.40. The van der Waals surface area contributed by atoms with Crippen molar-refractivity contribution in [3.8, 4) is 5.75 Å². The van der Waals surface area contributed by atoms with Gasteiger partial charge in [-0.2, -0.15) is 0 Å². The number of carbonyl (C=O) groups excluding carboxylic acids is 2. The number of nitrogens with one attached hydrogen (secondary N) is 1. The van der Waals surface area contributed by atoms with Gasteiger partial charge in [-0.15, -0.1) is 0 Å². The average molecular weight is 447 g/mol. The van der Waals surface area contributed by atoms with Crippen LogP contribution < -0.4 is 15.0 Å². The number of benzene rings is 3. The lowest BCUT2D eigenvalue weighted by Gasteiger charge is -2.16. The molecule has 0 aromatic heterocycles. The van der Waals surface area contributed by atoms with Crippen LogP contribution in [0.1, 0.15) is 30.9 Å². The number of amides is 2. The summed E-state index contributed by atoms with van der Waals surface area (Å²) in [6, 6.07) is 21.6. The van der Waals surface area contributed by atoms with Crippen molar-refractivity contribution < 1.29 is 14.3 Å². The fourth-order valence-electron chi connectivity index (χ4n) is 3.61. The Bertz CT molecular complexity index is 1200. The molecule has 1 aliphatic rings. The predicted molar refractivity (Wildman–Crippen MR) is 128 cm³/mol. The quantitative estimate of drug-likeness (QED) is 0.481. The van der Waals surface area contributed by atoms with E-state index in [1.807, 2.05) is 24.3 Å². The second-order valence-electron chi connectivity index (χ2n) is 7.81. The molecule has 1 heterocycles. The van der Waals surface area contributed by atoms with Crippen molar-refractivity contribution in [3.63, 3.8) is 0 Å². The number of imide groups is 1. The minimum Gasteiger partial charge on any atom is -0.497 e. The van der Waals surface area contributed by atoms with Gasteiger partial charge in [-0.05, 0) is 53.4 Å². The third-order valence-electron chi connectivity index (χ3n) is 5.38. The van der Waals surface area contributed by atoms with Gasteiger partial charge in [-0.25, -0.2) is 4.90 Å². The van der Waals surface area contributed by atoms with E-state index in [0.717, 1.165) is 10.6 Å². The summed E-state index contributed by atoms with van der Waals surface area (Å²) in [5.41, 5.74) is 3.48. The highest BCUT2D eigenvalue weighted by atomic mass is 35.5. The van der Waals surface area contributed by atoms with Crippen LogP contribution >= 0.6 is 11.6 Å². The van der Waals surface area contributed by atoms with E-state index in [-0.39, 0.29) is 5.70 Å². The second-order valence-corrected chi connectivity index (χ2v) is 8.24. The summed E-state index contributed by atoms with van der Waals surface area (Å²) in [5.74, 6) is 0.112. The molecule has 0 radical (unpaired) electrons. The summed E-state index contributed by atoms with van der Waals surface area (Å²) in [4.78, 5) is 28.1. The molecule has 0 saturated carbocycles. The van der Waals surface area contributed by atoms with Crippen LogP contribution in [0.2, 0.25) is 5.02 Å². The monoisotopic (exact) mass is 446 g/mol. The lowest BCUT2D eigenvalue weighted by Crippen LogP contribution is -2.32. The summed E-state index contributed by atoms with van der Waals surface area (Å²) < 4.78 is 5.27. The molecule has 162 valence electrons. The number of ether oxygens (including phenoxy) is 1. The Kier molecular flexibility index (Phi) is 6.01. The fourth-order valence-corrected chi connectivity index (χ4v) is 3.74. The van der Waals surface area contributed by atoms with Crippen molar-refractivity contribution in [2.75, 3.05) is 17.3 Å². The number of anilines is 2. The summed E-state index contributed by atoms with van der Waals surface area (Å²) in [7, 11) is 1.54. The van der Waals surface area contributed by atoms with E-state index in [9.17, 15) is 9.59 Å². The summed E-state index contributed by atoms with van der Waals surface area (Å²) in [6.07, 6.45) is 0. The average Bonchev–Trinajstić information content (AvgIpc) is 3.04. The lowest BCUT2D eigenvalue weighted by molar-refractivity contribution is -0.120. The lowest BCUT2D eigenvalue weighted by atomic mass is 10.0. The van der Waals surface area contributed by atoms with Gasteiger partial charge in [0, 0.05) is 16.8 Å².